The molecule has 4 nitrogen and oxygen atoms in total. The van der Waals surface area contributed by atoms with E-state index in [1.165, 1.54) is 11.5 Å². The van der Waals surface area contributed by atoms with E-state index < -0.39 is 6.10 Å². The van der Waals surface area contributed by atoms with E-state index in [2.05, 4.69) is 9.59 Å². The molecule has 0 bridgehead atoms. The van der Waals surface area contributed by atoms with E-state index in [9.17, 15) is 5.11 Å². The highest BCUT2D eigenvalue weighted by Crippen LogP contribution is 2.21. The molecule has 5 heteroatoms. The summed E-state index contributed by atoms with van der Waals surface area (Å²) in [5.41, 5.74) is 1.89. The quantitative estimate of drug-likeness (QED) is 0.871. The summed E-state index contributed by atoms with van der Waals surface area (Å²) >= 11 is 1.33. The molecule has 1 aromatic carbocycles. The summed E-state index contributed by atoms with van der Waals surface area (Å²) < 4.78 is 9.34. The minimum absolute atomic E-state index is 0.339. The molecule has 0 saturated heterocycles. The van der Waals surface area contributed by atoms with Gasteiger partial charge in [-0.15, -0.1) is 5.10 Å². The maximum atomic E-state index is 9.57. The summed E-state index contributed by atoms with van der Waals surface area (Å²) in [4.78, 5) is 0. The van der Waals surface area contributed by atoms with Crippen LogP contribution in [0.4, 0.5) is 0 Å². The number of aliphatic hydroxyl groups is 1. The molecule has 2 rings (SSSR count). The average Bonchev–Trinajstić information content (AvgIpc) is 2.91. The third-order valence-electron chi connectivity index (χ3n) is 2.57. The van der Waals surface area contributed by atoms with Crippen LogP contribution in [0.5, 0.6) is 5.75 Å². The van der Waals surface area contributed by atoms with Crippen molar-refractivity contribution in [2.24, 2.45) is 0 Å². The number of aliphatic hydroxyl groups excluding tert-OH is 1. The number of nitrogens with zero attached hydrogens (tertiary/aromatic N) is 2. The molecule has 1 N–H and O–H groups in total. The molecule has 18 heavy (non-hydrogen) atoms. The van der Waals surface area contributed by atoms with Crippen LogP contribution in [0.1, 0.15) is 19.8 Å². The highest BCUT2D eigenvalue weighted by atomic mass is 32.1. The Balaban J connectivity index is 1.92. The molecule has 0 aliphatic rings. The SMILES string of the molecule is CCCC(O)COc1ccc(-c2csnn2)cc1. The minimum atomic E-state index is -0.391. The predicted octanol–water partition coefficient (Wildman–Crippen LogP) is 2.74. The summed E-state index contributed by atoms with van der Waals surface area (Å²) in [6, 6.07) is 7.65. The second kappa shape index (κ2) is 6.47. The standard InChI is InChI=1S/C13H16N2O2S/c1-2-3-11(16)8-17-12-6-4-10(5-7-12)13-9-18-15-14-13/h4-7,9,11,16H,2-3,8H2,1H3. The fraction of sp³-hybridized carbons (Fsp3) is 0.385. The predicted molar refractivity (Wildman–Crippen MR) is 71.8 cm³/mol. The summed E-state index contributed by atoms with van der Waals surface area (Å²) in [6.45, 7) is 2.38. The molecule has 0 amide bonds. The van der Waals surface area contributed by atoms with Crippen LogP contribution < -0.4 is 4.74 Å². The lowest BCUT2D eigenvalue weighted by Gasteiger charge is -2.11. The Morgan fingerprint density at radius 3 is 2.72 bits per heavy atom. The van der Waals surface area contributed by atoms with Crippen molar-refractivity contribution >= 4 is 11.5 Å². The Morgan fingerprint density at radius 2 is 2.11 bits per heavy atom. The van der Waals surface area contributed by atoms with Gasteiger partial charge in [0.1, 0.15) is 18.1 Å². The van der Waals surface area contributed by atoms with Gasteiger partial charge in [-0.1, -0.05) is 17.8 Å². The Kier molecular flexibility index (Phi) is 4.66. The van der Waals surface area contributed by atoms with Gasteiger partial charge in [0.25, 0.3) is 0 Å². The largest absolute Gasteiger partial charge is 0.491 e. The van der Waals surface area contributed by atoms with Crippen LogP contribution in [0.2, 0.25) is 0 Å². The fourth-order valence-corrected chi connectivity index (χ4v) is 2.09. The van der Waals surface area contributed by atoms with Gasteiger partial charge in [-0.2, -0.15) is 0 Å². The average molecular weight is 264 g/mol. The first kappa shape index (κ1) is 13.0. The molecule has 2 aromatic rings. The van der Waals surface area contributed by atoms with Crippen LogP contribution in [-0.2, 0) is 0 Å². The second-order valence-electron chi connectivity index (χ2n) is 4.07. The van der Waals surface area contributed by atoms with Gasteiger partial charge < -0.3 is 9.84 Å². The van der Waals surface area contributed by atoms with E-state index >= 15 is 0 Å². The van der Waals surface area contributed by atoms with Crippen molar-refractivity contribution in [1.82, 2.24) is 9.59 Å². The van der Waals surface area contributed by atoms with Crippen LogP contribution in [0, 0.1) is 0 Å². The number of aromatic nitrogens is 2. The Morgan fingerprint density at radius 1 is 1.33 bits per heavy atom. The highest BCUT2D eigenvalue weighted by molar-refractivity contribution is 7.03. The van der Waals surface area contributed by atoms with Crippen molar-refractivity contribution in [1.29, 1.82) is 0 Å². The number of hydrogen-bond donors (Lipinski definition) is 1. The maximum Gasteiger partial charge on any atom is 0.119 e. The van der Waals surface area contributed by atoms with Crippen molar-refractivity contribution in [3.05, 3.63) is 29.6 Å². The monoisotopic (exact) mass is 264 g/mol. The molecular formula is C13H16N2O2S. The molecule has 0 saturated carbocycles. The molecule has 0 fully saturated rings. The van der Waals surface area contributed by atoms with Gasteiger partial charge in [0, 0.05) is 10.9 Å². The molecule has 1 aromatic heterocycles. The van der Waals surface area contributed by atoms with Crippen molar-refractivity contribution in [3.63, 3.8) is 0 Å². The summed E-state index contributed by atoms with van der Waals surface area (Å²) in [7, 11) is 0. The third-order valence-corrected chi connectivity index (χ3v) is 3.08. The van der Waals surface area contributed by atoms with Crippen LogP contribution in [-0.4, -0.2) is 27.4 Å². The van der Waals surface area contributed by atoms with E-state index in [0.717, 1.165) is 29.8 Å². The number of benzene rings is 1. The van der Waals surface area contributed by atoms with Crippen molar-refractivity contribution in [3.8, 4) is 17.0 Å². The first-order chi connectivity index (χ1) is 8.79. The molecule has 96 valence electrons. The minimum Gasteiger partial charge on any atom is -0.491 e. The van der Waals surface area contributed by atoms with Gasteiger partial charge in [0.15, 0.2) is 0 Å². The lowest BCUT2D eigenvalue weighted by atomic mass is 10.2. The molecule has 1 atom stereocenters. The molecule has 1 unspecified atom stereocenters. The first-order valence-electron chi connectivity index (χ1n) is 5.98. The third kappa shape index (κ3) is 3.51. The fourth-order valence-electron chi connectivity index (χ4n) is 1.62. The zero-order valence-electron chi connectivity index (χ0n) is 10.2. The number of rotatable bonds is 6. The van der Waals surface area contributed by atoms with E-state index in [4.69, 9.17) is 4.74 Å². The Labute approximate surface area is 110 Å². The molecule has 0 aliphatic heterocycles. The molecular weight excluding hydrogens is 248 g/mol. The van der Waals surface area contributed by atoms with E-state index in [1.54, 1.807) is 0 Å². The normalized spacial score (nSPS) is 12.3. The van der Waals surface area contributed by atoms with Crippen molar-refractivity contribution < 1.29 is 9.84 Å². The molecule has 1 heterocycles. The smallest absolute Gasteiger partial charge is 0.119 e. The zero-order valence-corrected chi connectivity index (χ0v) is 11.1. The number of hydrogen-bond acceptors (Lipinski definition) is 5. The Bertz CT molecular complexity index is 456. The molecule has 0 radical (unpaired) electrons. The lowest BCUT2D eigenvalue weighted by molar-refractivity contribution is 0.0993. The van der Waals surface area contributed by atoms with E-state index in [-0.39, 0.29) is 0 Å². The van der Waals surface area contributed by atoms with Gasteiger partial charge in [-0.3, -0.25) is 0 Å². The molecule has 0 aliphatic carbocycles. The number of ether oxygens (including phenoxy) is 1. The summed E-state index contributed by atoms with van der Waals surface area (Å²) in [5, 5.41) is 15.5. The van der Waals surface area contributed by atoms with E-state index in [1.807, 2.05) is 36.6 Å². The second-order valence-corrected chi connectivity index (χ2v) is 4.68. The highest BCUT2D eigenvalue weighted by Gasteiger charge is 2.05. The first-order valence-corrected chi connectivity index (χ1v) is 6.81. The zero-order chi connectivity index (χ0) is 12.8. The Hall–Kier alpha value is -1.46. The van der Waals surface area contributed by atoms with Crippen molar-refractivity contribution in [2.75, 3.05) is 6.61 Å². The van der Waals surface area contributed by atoms with Crippen LogP contribution in [0.3, 0.4) is 0 Å². The maximum absolute atomic E-state index is 9.57. The lowest BCUT2D eigenvalue weighted by Crippen LogP contribution is -2.16. The van der Waals surface area contributed by atoms with Gasteiger partial charge >= 0.3 is 0 Å². The van der Waals surface area contributed by atoms with Gasteiger partial charge in [0.05, 0.1) is 6.10 Å². The van der Waals surface area contributed by atoms with Crippen LogP contribution >= 0.6 is 11.5 Å². The summed E-state index contributed by atoms with van der Waals surface area (Å²) in [5.74, 6) is 0.761. The van der Waals surface area contributed by atoms with E-state index in [0.29, 0.717) is 6.61 Å². The van der Waals surface area contributed by atoms with Gasteiger partial charge in [-0.05, 0) is 42.2 Å². The van der Waals surface area contributed by atoms with Gasteiger partial charge in [0.2, 0.25) is 0 Å². The van der Waals surface area contributed by atoms with Crippen LogP contribution in [0.15, 0.2) is 29.6 Å². The summed E-state index contributed by atoms with van der Waals surface area (Å²) in [6.07, 6.45) is 1.33. The van der Waals surface area contributed by atoms with Crippen molar-refractivity contribution in [2.45, 2.75) is 25.9 Å². The van der Waals surface area contributed by atoms with Gasteiger partial charge in [-0.25, -0.2) is 0 Å². The molecule has 0 spiro atoms. The topological polar surface area (TPSA) is 55.2 Å². The van der Waals surface area contributed by atoms with Crippen LogP contribution in [0.25, 0.3) is 11.3 Å².